The molecule has 1 aliphatic heterocycles. The van der Waals surface area contributed by atoms with E-state index >= 15 is 0 Å². The Balaban J connectivity index is 2.25. The van der Waals surface area contributed by atoms with E-state index in [1.54, 1.807) is 0 Å². The maximum absolute atomic E-state index is 2.42. The van der Waals surface area contributed by atoms with E-state index in [9.17, 15) is 0 Å². The number of allylic oxidation sites excluding steroid dienone is 2. The van der Waals surface area contributed by atoms with Crippen LogP contribution in [0.1, 0.15) is 26.2 Å². The van der Waals surface area contributed by atoms with E-state index in [0.717, 1.165) is 0 Å². The maximum atomic E-state index is 2.42. The SMILES string of the molecule is CCCCC[P+]1(C)C=CC=C1. The second kappa shape index (κ2) is 4.07. The van der Waals surface area contributed by atoms with Gasteiger partial charge < -0.3 is 0 Å². The van der Waals surface area contributed by atoms with Crippen molar-refractivity contribution in [3.8, 4) is 0 Å². The summed E-state index contributed by atoms with van der Waals surface area (Å²) in [4.78, 5) is 0. The molecule has 1 rings (SSSR count). The van der Waals surface area contributed by atoms with Gasteiger partial charge in [0, 0.05) is 0 Å². The smallest absolute Gasteiger partial charge is 0.0654 e. The molecular weight excluding hydrogens is 151 g/mol. The monoisotopic (exact) mass is 169 g/mol. The Bertz CT molecular complexity index is 156. The van der Waals surface area contributed by atoms with Crippen molar-refractivity contribution in [1.82, 2.24) is 0 Å². The van der Waals surface area contributed by atoms with Crippen molar-refractivity contribution >= 4 is 7.26 Å². The van der Waals surface area contributed by atoms with Crippen LogP contribution in [0.4, 0.5) is 0 Å². The van der Waals surface area contributed by atoms with E-state index in [-0.39, 0.29) is 0 Å². The third-order valence-electron chi connectivity index (χ3n) is 2.21. The number of hydrogen-bond donors (Lipinski definition) is 0. The first kappa shape index (κ1) is 9.00. The van der Waals surface area contributed by atoms with Crippen LogP contribution in [0.2, 0.25) is 0 Å². The molecule has 0 nitrogen and oxygen atoms in total. The lowest BCUT2D eigenvalue weighted by Crippen LogP contribution is -1.89. The molecule has 0 spiro atoms. The molecule has 1 heteroatoms. The highest BCUT2D eigenvalue weighted by Crippen LogP contribution is 2.61. The maximum Gasteiger partial charge on any atom is 0.0674 e. The summed E-state index contributed by atoms with van der Waals surface area (Å²) in [7, 11) is -0.711. The van der Waals surface area contributed by atoms with Gasteiger partial charge in [-0.2, -0.15) is 0 Å². The summed E-state index contributed by atoms with van der Waals surface area (Å²) < 4.78 is 0. The van der Waals surface area contributed by atoms with Crippen LogP contribution in [0.25, 0.3) is 0 Å². The molecule has 1 heterocycles. The van der Waals surface area contributed by atoms with Crippen molar-refractivity contribution in [3.63, 3.8) is 0 Å². The molecule has 0 radical (unpaired) electrons. The zero-order valence-corrected chi connectivity index (χ0v) is 8.48. The Morgan fingerprint density at radius 2 is 1.73 bits per heavy atom. The predicted octanol–water partition coefficient (Wildman–Crippen LogP) is 3.87. The van der Waals surface area contributed by atoms with Crippen LogP contribution >= 0.6 is 7.26 Å². The van der Waals surface area contributed by atoms with Crippen molar-refractivity contribution in [3.05, 3.63) is 23.8 Å². The van der Waals surface area contributed by atoms with Crippen LogP contribution in [0.3, 0.4) is 0 Å². The molecule has 62 valence electrons. The van der Waals surface area contributed by atoms with Gasteiger partial charge in [-0.05, 0) is 18.6 Å². The minimum Gasteiger partial charge on any atom is -0.0654 e. The summed E-state index contributed by atoms with van der Waals surface area (Å²) in [6.45, 7) is 4.68. The zero-order chi connectivity index (χ0) is 8.16. The first-order valence-corrected chi connectivity index (χ1v) is 7.05. The van der Waals surface area contributed by atoms with Crippen molar-refractivity contribution < 1.29 is 0 Å². The molecule has 0 saturated heterocycles. The molecule has 0 atom stereocenters. The lowest BCUT2D eigenvalue weighted by Gasteiger charge is -2.10. The standard InChI is InChI=1S/C10H18P/c1-3-4-5-8-11(2)9-6-7-10-11/h6-7,9-10H,3-5,8H2,1-2H3/q+1. The quantitative estimate of drug-likeness (QED) is 0.442. The molecule has 0 aromatic rings. The molecule has 0 N–H and O–H groups in total. The average molecular weight is 169 g/mol. The Morgan fingerprint density at radius 3 is 2.27 bits per heavy atom. The highest BCUT2D eigenvalue weighted by molar-refractivity contribution is 7.81. The largest absolute Gasteiger partial charge is 0.0674 e. The second-order valence-electron chi connectivity index (χ2n) is 3.46. The molecule has 0 saturated carbocycles. The van der Waals surface area contributed by atoms with Gasteiger partial charge in [0.15, 0.2) is 0 Å². The fourth-order valence-corrected chi connectivity index (χ4v) is 3.68. The summed E-state index contributed by atoms with van der Waals surface area (Å²) in [5, 5.41) is 0. The molecule has 0 bridgehead atoms. The summed E-state index contributed by atoms with van der Waals surface area (Å²) in [6, 6.07) is 0. The van der Waals surface area contributed by atoms with Crippen LogP contribution in [0, 0.1) is 0 Å². The van der Waals surface area contributed by atoms with Gasteiger partial charge in [0.25, 0.3) is 0 Å². The van der Waals surface area contributed by atoms with Gasteiger partial charge >= 0.3 is 0 Å². The molecule has 0 unspecified atom stereocenters. The first-order valence-electron chi connectivity index (χ1n) is 4.49. The van der Waals surface area contributed by atoms with Crippen LogP contribution in [0.5, 0.6) is 0 Å². The van der Waals surface area contributed by atoms with Gasteiger partial charge in [0.1, 0.15) is 0 Å². The molecule has 0 fully saturated rings. The molecule has 0 aromatic carbocycles. The minimum atomic E-state index is -0.711. The molecule has 11 heavy (non-hydrogen) atoms. The summed E-state index contributed by atoms with van der Waals surface area (Å²) in [5.41, 5.74) is 0. The summed E-state index contributed by atoms with van der Waals surface area (Å²) in [5.74, 6) is 4.84. The Labute approximate surface area is 70.7 Å². The first-order chi connectivity index (χ1) is 5.27. The fraction of sp³-hybridized carbons (Fsp3) is 0.600. The Kier molecular flexibility index (Phi) is 3.33. The normalized spacial score (nSPS) is 19.5. The van der Waals surface area contributed by atoms with Crippen LogP contribution in [0.15, 0.2) is 23.8 Å². The molecule has 1 aliphatic rings. The van der Waals surface area contributed by atoms with Gasteiger partial charge in [-0.1, -0.05) is 19.8 Å². The van der Waals surface area contributed by atoms with E-state index < -0.39 is 7.26 Å². The molecular formula is C10H18P+. The van der Waals surface area contributed by atoms with Crippen molar-refractivity contribution in [2.75, 3.05) is 12.8 Å². The molecule has 0 aromatic heterocycles. The van der Waals surface area contributed by atoms with E-state index in [1.165, 1.54) is 25.4 Å². The Morgan fingerprint density at radius 1 is 1.09 bits per heavy atom. The van der Waals surface area contributed by atoms with Crippen LogP contribution in [-0.4, -0.2) is 12.8 Å². The highest BCUT2D eigenvalue weighted by Gasteiger charge is 2.26. The van der Waals surface area contributed by atoms with E-state index in [4.69, 9.17) is 0 Å². The lowest BCUT2D eigenvalue weighted by molar-refractivity contribution is 0.775. The van der Waals surface area contributed by atoms with Gasteiger partial charge in [-0.3, -0.25) is 0 Å². The second-order valence-corrected chi connectivity index (χ2v) is 7.20. The zero-order valence-electron chi connectivity index (χ0n) is 7.59. The van der Waals surface area contributed by atoms with Gasteiger partial charge in [0.2, 0.25) is 0 Å². The predicted molar refractivity (Wildman–Crippen MR) is 55.5 cm³/mol. The van der Waals surface area contributed by atoms with Crippen LogP contribution < -0.4 is 0 Å². The summed E-state index contributed by atoms with van der Waals surface area (Å²) >= 11 is 0. The lowest BCUT2D eigenvalue weighted by atomic mass is 10.3. The Hall–Kier alpha value is -0.0900. The average Bonchev–Trinajstić information content (AvgIpc) is 2.38. The van der Waals surface area contributed by atoms with E-state index in [2.05, 4.69) is 37.4 Å². The molecule has 0 amide bonds. The van der Waals surface area contributed by atoms with Gasteiger partial charge in [0.05, 0.1) is 31.7 Å². The summed E-state index contributed by atoms with van der Waals surface area (Å²) in [6.07, 6.45) is 9.99. The molecule has 0 aliphatic carbocycles. The fourth-order valence-electron chi connectivity index (χ4n) is 1.39. The third-order valence-corrected chi connectivity index (χ3v) is 5.19. The van der Waals surface area contributed by atoms with Gasteiger partial charge in [-0.25, -0.2) is 0 Å². The van der Waals surface area contributed by atoms with Crippen molar-refractivity contribution in [2.24, 2.45) is 0 Å². The van der Waals surface area contributed by atoms with E-state index in [0.29, 0.717) is 0 Å². The van der Waals surface area contributed by atoms with Crippen molar-refractivity contribution in [2.45, 2.75) is 26.2 Å². The minimum absolute atomic E-state index is 0.711. The number of hydrogen-bond acceptors (Lipinski definition) is 0. The number of rotatable bonds is 4. The van der Waals surface area contributed by atoms with Crippen molar-refractivity contribution in [1.29, 1.82) is 0 Å². The van der Waals surface area contributed by atoms with Crippen LogP contribution in [-0.2, 0) is 0 Å². The highest BCUT2D eigenvalue weighted by atomic mass is 31.2. The number of unbranched alkanes of at least 4 members (excludes halogenated alkanes) is 2. The van der Waals surface area contributed by atoms with E-state index in [1.807, 2.05) is 0 Å². The third kappa shape index (κ3) is 2.79. The van der Waals surface area contributed by atoms with Gasteiger partial charge in [-0.15, -0.1) is 0 Å². The topological polar surface area (TPSA) is 0 Å².